The summed E-state index contributed by atoms with van der Waals surface area (Å²) < 4.78 is 2.32. The molecular formula is C16H23N3. The van der Waals surface area contributed by atoms with Crippen LogP contribution < -0.4 is 5.32 Å². The third-order valence-electron chi connectivity index (χ3n) is 4.57. The lowest BCUT2D eigenvalue weighted by Gasteiger charge is -2.33. The van der Waals surface area contributed by atoms with Gasteiger partial charge in [0.1, 0.15) is 0 Å². The molecule has 0 saturated carbocycles. The summed E-state index contributed by atoms with van der Waals surface area (Å²) in [6.45, 7) is 9.09. The molecule has 0 spiro atoms. The number of piperazine rings is 1. The number of benzene rings is 1. The Hall–Kier alpha value is -1.32. The Labute approximate surface area is 115 Å². The minimum absolute atomic E-state index is 0.494. The van der Waals surface area contributed by atoms with Crippen LogP contribution in [-0.2, 0) is 7.05 Å². The molecule has 1 fully saturated rings. The van der Waals surface area contributed by atoms with Gasteiger partial charge in [-0.05, 0) is 25.5 Å². The van der Waals surface area contributed by atoms with Crippen molar-refractivity contribution in [2.75, 3.05) is 26.2 Å². The van der Waals surface area contributed by atoms with E-state index in [0.29, 0.717) is 6.04 Å². The molecule has 1 aliphatic rings. The van der Waals surface area contributed by atoms with E-state index < -0.39 is 0 Å². The topological polar surface area (TPSA) is 20.2 Å². The van der Waals surface area contributed by atoms with E-state index in [-0.39, 0.29) is 0 Å². The molecule has 1 aromatic heterocycles. The summed E-state index contributed by atoms with van der Waals surface area (Å²) in [5.41, 5.74) is 4.24. The van der Waals surface area contributed by atoms with Crippen LogP contribution in [0.5, 0.6) is 0 Å². The van der Waals surface area contributed by atoms with Crippen LogP contribution in [0.15, 0.2) is 24.3 Å². The maximum absolute atomic E-state index is 3.43. The SMILES string of the molecule is Cc1c(C(C)N2CCNCC2)c2ccccc2n1C. The van der Waals surface area contributed by atoms with Crippen molar-refractivity contribution >= 4 is 10.9 Å². The van der Waals surface area contributed by atoms with Crippen LogP contribution in [0, 0.1) is 6.92 Å². The minimum Gasteiger partial charge on any atom is -0.348 e. The summed E-state index contributed by atoms with van der Waals surface area (Å²) in [6, 6.07) is 9.25. The van der Waals surface area contributed by atoms with Crippen molar-refractivity contribution in [3.63, 3.8) is 0 Å². The fraction of sp³-hybridized carbons (Fsp3) is 0.500. The van der Waals surface area contributed by atoms with Crippen molar-refractivity contribution in [2.45, 2.75) is 19.9 Å². The first-order chi connectivity index (χ1) is 9.20. The molecule has 2 heterocycles. The lowest BCUT2D eigenvalue weighted by Crippen LogP contribution is -2.44. The largest absolute Gasteiger partial charge is 0.348 e. The van der Waals surface area contributed by atoms with E-state index >= 15 is 0 Å². The van der Waals surface area contributed by atoms with E-state index in [1.165, 1.54) is 22.2 Å². The monoisotopic (exact) mass is 257 g/mol. The summed E-state index contributed by atoms with van der Waals surface area (Å²) in [5.74, 6) is 0. The van der Waals surface area contributed by atoms with Gasteiger partial charge in [-0.1, -0.05) is 18.2 Å². The maximum atomic E-state index is 3.43. The van der Waals surface area contributed by atoms with Crippen molar-refractivity contribution in [2.24, 2.45) is 7.05 Å². The summed E-state index contributed by atoms with van der Waals surface area (Å²) in [4.78, 5) is 2.59. The summed E-state index contributed by atoms with van der Waals surface area (Å²) in [6.07, 6.45) is 0. The first-order valence-electron chi connectivity index (χ1n) is 7.19. The van der Waals surface area contributed by atoms with Gasteiger partial charge in [-0.3, -0.25) is 4.90 Å². The summed E-state index contributed by atoms with van der Waals surface area (Å²) in [5, 5.41) is 4.84. The van der Waals surface area contributed by atoms with Gasteiger partial charge in [0.05, 0.1) is 0 Å². The molecular weight excluding hydrogens is 234 g/mol. The highest BCUT2D eigenvalue weighted by atomic mass is 15.2. The standard InChI is InChI=1S/C16H23N3/c1-12-16(13(2)19-10-8-17-9-11-19)14-6-4-5-7-15(14)18(12)3/h4-7,13,17H,8-11H2,1-3H3. The Morgan fingerprint density at radius 1 is 1.16 bits per heavy atom. The Balaban J connectivity index is 2.06. The zero-order valence-electron chi connectivity index (χ0n) is 12.1. The number of rotatable bonds is 2. The molecule has 1 unspecified atom stereocenters. The smallest absolute Gasteiger partial charge is 0.0483 e. The molecule has 3 rings (SSSR count). The number of para-hydroxylation sites is 1. The first kappa shape index (κ1) is 12.7. The van der Waals surface area contributed by atoms with E-state index in [2.05, 4.69) is 59.9 Å². The van der Waals surface area contributed by atoms with Crippen LogP contribution in [0.25, 0.3) is 10.9 Å². The number of aryl methyl sites for hydroxylation is 1. The van der Waals surface area contributed by atoms with Gasteiger partial charge < -0.3 is 9.88 Å². The van der Waals surface area contributed by atoms with Gasteiger partial charge in [-0.25, -0.2) is 0 Å². The third kappa shape index (κ3) is 2.07. The molecule has 1 saturated heterocycles. The molecule has 0 bridgehead atoms. The molecule has 102 valence electrons. The highest BCUT2D eigenvalue weighted by molar-refractivity contribution is 5.85. The molecule has 1 N–H and O–H groups in total. The summed E-state index contributed by atoms with van der Waals surface area (Å²) >= 11 is 0. The molecule has 0 radical (unpaired) electrons. The average Bonchev–Trinajstić information content (AvgIpc) is 2.72. The number of fused-ring (bicyclic) bond motifs is 1. The van der Waals surface area contributed by atoms with Gasteiger partial charge in [0, 0.05) is 55.9 Å². The fourth-order valence-electron chi connectivity index (χ4n) is 3.33. The molecule has 3 nitrogen and oxygen atoms in total. The van der Waals surface area contributed by atoms with E-state index in [1.54, 1.807) is 0 Å². The highest BCUT2D eigenvalue weighted by Gasteiger charge is 2.23. The van der Waals surface area contributed by atoms with Crippen LogP contribution in [0.1, 0.15) is 24.2 Å². The van der Waals surface area contributed by atoms with Gasteiger partial charge >= 0.3 is 0 Å². The molecule has 0 aliphatic carbocycles. The minimum atomic E-state index is 0.494. The highest BCUT2D eigenvalue weighted by Crippen LogP contribution is 2.32. The predicted molar refractivity (Wildman–Crippen MR) is 80.5 cm³/mol. The van der Waals surface area contributed by atoms with E-state index in [0.717, 1.165) is 26.2 Å². The Kier molecular flexibility index (Phi) is 3.33. The maximum Gasteiger partial charge on any atom is 0.0483 e. The van der Waals surface area contributed by atoms with Gasteiger partial charge in [0.15, 0.2) is 0 Å². The molecule has 0 amide bonds. The second-order valence-electron chi connectivity index (χ2n) is 5.54. The molecule has 1 atom stereocenters. The zero-order valence-corrected chi connectivity index (χ0v) is 12.1. The van der Waals surface area contributed by atoms with E-state index in [9.17, 15) is 0 Å². The van der Waals surface area contributed by atoms with Crippen molar-refractivity contribution in [3.05, 3.63) is 35.5 Å². The summed E-state index contributed by atoms with van der Waals surface area (Å²) in [7, 11) is 2.17. The number of nitrogens with zero attached hydrogens (tertiary/aromatic N) is 2. The van der Waals surface area contributed by atoms with Crippen LogP contribution in [0.2, 0.25) is 0 Å². The molecule has 3 heteroatoms. The molecule has 2 aromatic rings. The number of aromatic nitrogens is 1. The molecule has 1 aromatic carbocycles. The third-order valence-corrected chi connectivity index (χ3v) is 4.57. The van der Waals surface area contributed by atoms with Crippen molar-refractivity contribution in [1.82, 2.24) is 14.8 Å². The van der Waals surface area contributed by atoms with Crippen LogP contribution in [0.3, 0.4) is 0 Å². The van der Waals surface area contributed by atoms with E-state index in [4.69, 9.17) is 0 Å². The first-order valence-corrected chi connectivity index (χ1v) is 7.19. The van der Waals surface area contributed by atoms with Crippen LogP contribution >= 0.6 is 0 Å². The Morgan fingerprint density at radius 3 is 2.58 bits per heavy atom. The zero-order chi connectivity index (χ0) is 13.4. The predicted octanol–water partition coefficient (Wildman–Crippen LogP) is 2.45. The van der Waals surface area contributed by atoms with Crippen molar-refractivity contribution in [1.29, 1.82) is 0 Å². The van der Waals surface area contributed by atoms with Gasteiger partial charge in [0.2, 0.25) is 0 Å². The van der Waals surface area contributed by atoms with Crippen molar-refractivity contribution < 1.29 is 0 Å². The number of hydrogen-bond donors (Lipinski definition) is 1. The van der Waals surface area contributed by atoms with Gasteiger partial charge in [-0.2, -0.15) is 0 Å². The lowest BCUT2D eigenvalue weighted by atomic mass is 10.0. The normalized spacial score (nSPS) is 18.9. The van der Waals surface area contributed by atoms with Crippen LogP contribution in [-0.4, -0.2) is 35.6 Å². The average molecular weight is 257 g/mol. The van der Waals surface area contributed by atoms with Crippen LogP contribution in [0.4, 0.5) is 0 Å². The molecule has 19 heavy (non-hydrogen) atoms. The van der Waals surface area contributed by atoms with E-state index in [1.807, 2.05) is 0 Å². The van der Waals surface area contributed by atoms with Gasteiger partial charge in [0.25, 0.3) is 0 Å². The lowest BCUT2D eigenvalue weighted by molar-refractivity contribution is 0.186. The second-order valence-corrected chi connectivity index (χ2v) is 5.54. The second kappa shape index (κ2) is 4.99. The number of nitrogens with one attached hydrogen (secondary N) is 1. The Bertz CT molecular complexity index is 579. The number of hydrogen-bond acceptors (Lipinski definition) is 2. The molecule has 1 aliphatic heterocycles. The van der Waals surface area contributed by atoms with Gasteiger partial charge in [-0.15, -0.1) is 0 Å². The Morgan fingerprint density at radius 2 is 1.84 bits per heavy atom. The van der Waals surface area contributed by atoms with Crippen molar-refractivity contribution in [3.8, 4) is 0 Å². The quantitative estimate of drug-likeness (QED) is 0.892. The fourth-order valence-corrected chi connectivity index (χ4v) is 3.33.